The zero-order valence-corrected chi connectivity index (χ0v) is 16.9. The first kappa shape index (κ1) is 22.0. The number of hydrogen-bond donors (Lipinski definition) is 2. The number of hydrazine groups is 1. The van der Waals surface area contributed by atoms with Crippen LogP contribution in [0.5, 0.6) is 5.75 Å². The molecular formula is C21H23FN4O5. The number of piperidine rings is 1. The van der Waals surface area contributed by atoms with E-state index in [1.54, 1.807) is 18.2 Å². The maximum Gasteiger partial charge on any atom is 0.292 e. The van der Waals surface area contributed by atoms with Crippen molar-refractivity contribution in [2.45, 2.75) is 25.9 Å². The maximum absolute atomic E-state index is 12.9. The third-order valence-electron chi connectivity index (χ3n) is 5.09. The van der Waals surface area contributed by atoms with E-state index in [9.17, 15) is 24.1 Å². The van der Waals surface area contributed by atoms with Gasteiger partial charge >= 0.3 is 0 Å². The molecule has 1 atom stereocenters. The minimum atomic E-state index is -0.897. The van der Waals surface area contributed by atoms with Gasteiger partial charge in [-0.1, -0.05) is 12.1 Å². The molecule has 2 amide bonds. The lowest BCUT2D eigenvalue weighted by molar-refractivity contribution is -0.384. The van der Waals surface area contributed by atoms with Gasteiger partial charge in [0.25, 0.3) is 11.6 Å². The molecule has 164 valence electrons. The van der Waals surface area contributed by atoms with Crippen LogP contribution in [0.25, 0.3) is 0 Å². The van der Waals surface area contributed by atoms with Gasteiger partial charge < -0.3 is 9.64 Å². The summed E-state index contributed by atoms with van der Waals surface area (Å²) in [4.78, 5) is 37.2. The number of carbonyl (C=O) groups is 2. The van der Waals surface area contributed by atoms with Crippen molar-refractivity contribution < 1.29 is 23.6 Å². The molecule has 0 aliphatic carbocycles. The molecule has 2 aromatic rings. The number of nitrogens with one attached hydrogen (secondary N) is 2. The summed E-state index contributed by atoms with van der Waals surface area (Å²) in [6.07, 6.45) is 0.0938. The summed E-state index contributed by atoms with van der Waals surface area (Å²) in [5.74, 6) is -1.28. The lowest BCUT2D eigenvalue weighted by atomic mass is 9.95. The van der Waals surface area contributed by atoms with Gasteiger partial charge in [0.05, 0.1) is 4.92 Å². The van der Waals surface area contributed by atoms with Crippen LogP contribution in [0.4, 0.5) is 15.8 Å². The molecular weight excluding hydrogens is 407 g/mol. The number of hydrogen-bond acceptors (Lipinski definition) is 6. The first-order chi connectivity index (χ1) is 14.8. The van der Waals surface area contributed by atoms with E-state index in [0.29, 0.717) is 37.4 Å². The summed E-state index contributed by atoms with van der Waals surface area (Å²) < 4.78 is 18.3. The average molecular weight is 430 g/mol. The molecule has 2 N–H and O–H groups in total. The van der Waals surface area contributed by atoms with Crippen LogP contribution in [0.15, 0.2) is 48.5 Å². The van der Waals surface area contributed by atoms with E-state index >= 15 is 0 Å². The number of halogens is 1. The summed E-state index contributed by atoms with van der Waals surface area (Å²) >= 11 is 0. The number of nitro benzene ring substituents is 1. The Kier molecular flexibility index (Phi) is 7.01. The molecule has 0 spiro atoms. The highest BCUT2D eigenvalue weighted by Crippen LogP contribution is 2.31. The second-order valence-electron chi connectivity index (χ2n) is 7.20. The molecule has 1 unspecified atom stereocenters. The van der Waals surface area contributed by atoms with Crippen LogP contribution in [0.2, 0.25) is 0 Å². The molecule has 0 saturated carbocycles. The monoisotopic (exact) mass is 430 g/mol. The molecule has 2 aromatic carbocycles. The van der Waals surface area contributed by atoms with Crippen LogP contribution >= 0.6 is 0 Å². The van der Waals surface area contributed by atoms with E-state index in [1.165, 1.54) is 37.3 Å². The number of benzene rings is 2. The molecule has 0 radical (unpaired) electrons. The van der Waals surface area contributed by atoms with Gasteiger partial charge in [0.15, 0.2) is 6.10 Å². The van der Waals surface area contributed by atoms with Crippen molar-refractivity contribution in [1.29, 1.82) is 0 Å². The second-order valence-corrected chi connectivity index (χ2v) is 7.20. The van der Waals surface area contributed by atoms with Crippen molar-refractivity contribution >= 4 is 23.2 Å². The molecule has 1 aliphatic heterocycles. The van der Waals surface area contributed by atoms with Crippen LogP contribution < -0.4 is 20.5 Å². The topological polar surface area (TPSA) is 114 Å². The first-order valence-corrected chi connectivity index (χ1v) is 9.85. The molecule has 1 saturated heterocycles. The number of ether oxygens (including phenoxy) is 1. The predicted molar refractivity (Wildman–Crippen MR) is 111 cm³/mol. The molecule has 31 heavy (non-hydrogen) atoms. The summed E-state index contributed by atoms with van der Waals surface area (Å²) in [6, 6.07) is 11.8. The lowest BCUT2D eigenvalue weighted by Crippen LogP contribution is -2.50. The number of rotatable bonds is 6. The van der Waals surface area contributed by atoms with Crippen LogP contribution in [0.3, 0.4) is 0 Å². The molecule has 1 aliphatic rings. The smallest absolute Gasteiger partial charge is 0.292 e. The average Bonchev–Trinajstić information content (AvgIpc) is 2.78. The third kappa shape index (κ3) is 5.68. The summed E-state index contributed by atoms with van der Waals surface area (Å²) in [5, 5.41) is 11.2. The quantitative estimate of drug-likeness (QED) is 0.538. The molecule has 10 heteroatoms. The molecule has 1 fully saturated rings. The van der Waals surface area contributed by atoms with Crippen LogP contribution in [-0.4, -0.2) is 35.9 Å². The normalized spacial score (nSPS) is 15.1. The van der Waals surface area contributed by atoms with Gasteiger partial charge in [0.1, 0.15) is 17.3 Å². The Balaban J connectivity index is 1.46. The van der Waals surface area contributed by atoms with Gasteiger partial charge in [-0.2, -0.15) is 0 Å². The zero-order valence-electron chi connectivity index (χ0n) is 16.9. The zero-order chi connectivity index (χ0) is 22.4. The van der Waals surface area contributed by atoms with Gasteiger partial charge in [0.2, 0.25) is 5.91 Å². The SMILES string of the molecule is CC(Oc1ccc(F)cc1)C(=O)NNC(=O)C1CCN(c2ccccc2[N+](=O)[O-])CC1. The van der Waals surface area contributed by atoms with E-state index in [0.717, 1.165) is 0 Å². The maximum atomic E-state index is 12.9. The van der Waals surface area contributed by atoms with E-state index in [4.69, 9.17) is 4.74 Å². The predicted octanol–water partition coefficient (Wildman–Crippen LogP) is 2.57. The van der Waals surface area contributed by atoms with E-state index in [2.05, 4.69) is 10.9 Å². The molecule has 3 rings (SSSR count). The Bertz CT molecular complexity index is 945. The Hall–Kier alpha value is -3.69. The minimum Gasteiger partial charge on any atom is -0.481 e. The second kappa shape index (κ2) is 9.88. The fourth-order valence-electron chi connectivity index (χ4n) is 3.37. The Labute approximate surface area is 178 Å². The van der Waals surface area contributed by atoms with Crippen molar-refractivity contribution in [3.63, 3.8) is 0 Å². The Morgan fingerprint density at radius 2 is 1.77 bits per heavy atom. The van der Waals surface area contributed by atoms with Gasteiger partial charge in [-0.15, -0.1) is 0 Å². The molecule has 9 nitrogen and oxygen atoms in total. The summed E-state index contributed by atoms with van der Waals surface area (Å²) in [7, 11) is 0. The largest absolute Gasteiger partial charge is 0.481 e. The van der Waals surface area contributed by atoms with Crippen LogP contribution in [0, 0.1) is 21.8 Å². The van der Waals surface area contributed by atoms with Crippen molar-refractivity contribution in [3.8, 4) is 5.75 Å². The van der Waals surface area contributed by atoms with Crippen LogP contribution in [-0.2, 0) is 9.59 Å². The van der Waals surface area contributed by atoms with Gasteiger partial charge in [-0.25, -0.2) is 4.39 Å². The number of anilines is 1. The summed E-state index contributed by atoms with van der Waals surface area (Å²) in [6.45, 7) is 2.48. The third-order valence-corrected chi connectivity index (χ3v) is 5.09. The highest BCUT2D eigenvalue weighted by molar-refractivity contribution is 5.85. The fourth-order valence-corrected chi connectivity index (χ4v) is 3.37. The number of carbonyl (C=O) groups excluding carboxylic acids is 2. The van der Waals surface area contributed by atoms with Gasteiger partial charge in [-0.3, -0.25) is 30.6 Å². The van der Waals surface area contributed by atoms with Gasteiger partial charge in [0, 0.05) is 25.1 Å². The van der Waals surface area contributed by atoms with Crippen molar-refractivity contribution in [2.24, 2.45) is 5.92 Å². The fraction of sp³-hybridized carbons (Fsp3) is 0.333. The van der Waals surface area contributed by atoms with Crippen molar-refractivity contribution in [1.82, 2.24) is 10.9 Å². The molecule has 0 bridgehead atoms. The first-order valence-electron chi connectivity index (χ1n) is 9.85. The Morgan fingerprint density at radius 1 is 1.13 bits per heavy atom. The standard InChI is InChI=1S/C21H23FN4O5/c1-14(31-17-8-6-16(22)7-9-17)20(27)23-24-21(28)15-10-12-25(13-11-15)18-4-2-3-5-19(18)26(29)30/h2-9,14-15H,10-13H2,1H3,(H,23,27)(H,24,28). The van der Waals surface area contributed by atoms with E-state index < -0.39 is 22.8 Å². The van der Waals surface area contributed by atoms with Crippen molar-refractivity contribution in [3.05, 3.63) is 64.5 Å². The number of nitrogens with zero attached hydrogens (tertiary/aromatic N) is 2. The highest BCUT2D eigenvalue weighted by Gasteiger charge is 2.28. The molecule has 0 aromatic heterocycles. The molecule has 1 heterocycles. The van der Waals surface area contributed by atoms with Crippen molar-refractivity contribution in [2.75, 3.05) is 18.0 Å². The number of para-hydroxylation sites is 2. The number of amides is 2. The van der Waals surface area contributed by atoms with Crippen LogP contribution in [0.1, 0.15) is 19.8 Å². The lowest BCUT2D eigenvalue weighted by Gasteiger charge is -2.32. The minimum absolute atomic E-state index is 0.0350. The number of nitro groups is 1. The van der Waals surface area contributed by atoms with E-state index in [1.807, 2.05) is 4.90 Å². The van der Waals surface area contributed by atoms with Gasteiger partial charge in [-0.05, 0) is 50.1 Å². The Morgan fingerprint density at radius 3 is 2.42 bits per heavy atom. The van der Waals surface area contributed by atoms with E-state index in [-0.39, 0.29) is 17.5 Å². The summed E-state index contributed by atoms with van der Waals surface area (Å²) in [5.41, 5.74) is 5.31. The highest BCUT2D eigenvalue weighted by atomic mass is 19.1.